The highest BCUT2D eigenvalue weighted by Crippen LogP contribution is 2.27. The van der Waals surface area contributed by atoms with E-state index in [-0.39, 0.29) is 34.0 Å². The number of nitrogens with one attached hydrogen (secondary N) is 3. The van der Waals surface area contributed by atoms with E-state index < -0.39 is 62.0 Å². The van der Waals surface area contributed by atoms with Crippen molar-refractivity contribution in [2.75, 3.05) is 17.9 Å². The van der Waals surface area contributed by atoms with Gasteiger partial charge in [-0.15, -0.1) is 0 Å². The van der Waals surface area contributed by atoms with Crippen LogP contribution >= 0.6 is 0 Å². The number of carbonyl (C=O) groups is 2. The Labute approximate surface area is 328 Å². The van der Waals surface area contributed by atoms with Crippen molar-refractivity contribution in [3.63, 3.8) is 0 Å². The Morgan fingerprint density at radius 2 is 1.62 bits per heavy atom. The van der Waals surface area contributed by atoms with Gasteiger partial charge >= 0.3 is 5.69 Å². The summed E-state index contributed by atoms with van der Waals surface area (Å²) in [4.78, 5) is 64.7. The lowest BCUT2D eigenvalue weighted by atomic mass is 9.99. The molecule has 0 radical (unpaired) electrons. The minimum atomic E-state index is -4.44. The van der Waals surface area contributed by atoms with E-state index in [9.17, 15) is 32.8 Å². The average molecular weight is 813 g/mol. The molecule has 16 nitrogen and oxygen atoms in total. The van der Waals surface area contributed by atoms with Crippen molar-refractivity contribution in [3.05, 3.63) is 141 Å². The molecule has 1 aliphatic heterocycles. The molecule has 3 aromatic carbocycles. The molecule has 58 heavy (non-hydrogen) atoms. The molecular weight excluding hydrogens is 779 g/mol. The molecule has 298 valence electrons. The molecule has 19 heteroatoms. The lowest BCUT2D eigenvalue weighted by Crippen LogP contribution is -2.47. The normalized spacial score (nSPS) is 13.9. The van der Waals surface area contributed by atoms with Gasteiger partial charge in [0, 0.05) is 62.8 Å². The lowest BCUT2D eigenvalue weighted by Gasteiger charge is -2.20. The first-order chi connectivity index (χ1) is 27.8. The van der Waals surface area contributed by atoms with Gasteiger partial charge in [0.15, 0.2) is 0 Å². The monoisotopic (exact) mass is 812 g/mol. The number of halogens is 2. The van der Waals surface area contributed by atoms with Gasteiger partial charge in [-0.25, -0.2) is 47.0 Å². The van der Waals surface area contributed by atoms with Gasteiger partial charge in [0.1, 0.15) is 29.3 Å². The number of hydrogen-bond acceptors (Lipinski definition) is 11. The highest BCUT2D eigenvalue weighted by Gasteiger charge is 2.26. The molecule has 0 bridgehead atoms. The number of anilines is 1. The maximum absolute atomic E-state index is 15.3. The van der Waals surface area contributed by atoms with E-state index in [0.29, 0.717) is 47.8 Å². The van der Waals surface area contributed by atoms with E-state index >= 15 is 8.78 Å². The van der Waals surface area contributed by atoms with Crippen molar-refractivity contribution in [2.45, 2.75) is 36.1 Å². The number of benzene rings is 3. The second-order valence-electron chi connectivity index (χ2n) is 13.4. The van der Waals surface area contributed by atoms with Crippen molar-refractivity contribution in [1.82, 2.24) is 34.9 Å². The number of pyridine rings is 1. The number of hydrogen-bond donors (Lipinski definition) is 4. The number of fused-ring (bicyclic) bond motifs is 1. The Hall–Kier alpha value is -6.70. The number of ether oxygens (including phenoxy) is 1. The second kappa shape index (κ2) is 16.4. The first-order valence-electron chi connectivity index (χ1n) is 17.8. The quantitative estimate of drug-likeness (QED) is 0.110. The standard InChI is InChI=1S/C39H34F2N8O8S/c1-48-33-5-3-2-4-27(33)38(52)49(39(48)53)34-11-6-22(19-42-34)16-32(37(51)46-54)45-36(50)28-17-30(41)31(18-29(28)40)47-58(55,56)26-9-7-23(8-10-26)25-20-43-35(44-21-25)24-12-14-57-15-13-24/h2-11,17-21,24,32,47,54H,12-16H2,1H3,(H,45,50)(H,46,51)/t32-/m0/s1. The van der Waals surface area contributed by atoms with E-state index in [4.69, 9.17) is 4.74 Å². The van der Waals surface area contributed by atoms with Crippen molar-refractivity contribution in [1.29, 1.82) is 0 Å². The van der Waals surface area contributed by atoms with Crippen LogP contribution in [0.1, 0.15) is 40.5 Å². The summed E-state index contributed by atoms with van der Waals surface area (Å²) in [6, 6.07) is 14.3. The molecule has 1 saturated heterocycles. The van der Waals surface area contributed by atoms with Gasteiger partial charge in [-0.2, -0.15) is 0 Å². The van der Waals surface area contributed by atoms with E-state index in [1.807, 2.05) is 4.72 Å². The fourth-order valence-electron chi connectivity index (χ4n) is 6.52. The van der Waals surface area contributed by atoms with Crippen LogP contribution in [0.15, 0.2) is 106 Å². The molecule has 1 aliphatic rings. The predicted octanol–water partition coefficient (Wildman–Crippen LogP) is 3.36. The van der Waals surface area contributed by atoms with Gasteiger partial charge in [-0.05, 0) is 60.4 Å². The van der Waals surface area contributed by atoms with Gasteiger partial charge in [0.05, 0.1) is 27.0 Å². The lowest BCUT2D eigenvalue weighted by molar-refractivity contribution is -0.131. The molecule has 0 spiro atoms. The molecule has 0 unspecified atom stereocenters. The van der Waals surface area contributed by atoms with E-state index in [2.05, 4.69) is 20.3 Å². The van der Waals surface area contributed by atoms with Crippen LogP contribution in [-0.2, 0) is 33.0 Å². The first kappa shape index (κ1) is 39.5. The number of carbonyl (C=O) groups excluding carboxylic acids is 2. The summed E-state index contributed by atoms with van der Waals surface area (Å²) in [7, 11) is -2.93. The summed E-state index contributed by atoms with van der Waals surface area (Å²) in [6.07, 6.45) is 5.84. The number of para-hydroxylation sites is 1. The van der Waals surface area contributed by atoms with Crippen molar-refractivity contribution >= 4 is 38.4 Å². The maximum Gasteiger partial charge on any atom is 0.337 e. The SMILES string of the molecule is Cn1c(=O)n(-c2ccc(C[C@H](NC(=O)c3cc(F)c(NS(=O)(=O)c4ccc(-c5cnc(C6CCOCC6)nc5)cc4)cc3F)C(=O)NO)cn2)c(=O)c2ccccc21. The molecule has 4 N–H and O–H groups in total. The highest BCUT2D eigenvalue weighted by atomic mass is 32.2. The number of aromatic nitrogens is 5. The van der Waals surface area contributed by atoms with E-state index in [1.165, 1.54) is 59.7 Å². The molecule has 3 aromatic heterocycles. The van der Waals surface area contributed by atoms with Crippen LogP contribution in [-0.4, -0.2) is 68.8 Å². The molecule has 2 amide bonds. The zero-order valence-corrected chi connectivity index (χ0v) is 31.4. The number of aryl methyl sites for hydroxylation is 1. The van der Waals surface area contributed by atoms with Gasteiger partial charge < -0.3 is 10.1 Å². The fraction of sp³-hybridized carbons (Fsp3) is 0.205. The van der Waals surface area contributed by atoms with Crippen LogP contribution in [0.4, 0.5) is 14.5 Å². The van der Waals surface area contributed by atoms with Crippen LogP contribution in [0.25, 0.3) is 27.8 Å². The Morgan fingerprint density at radius 1 is 0.914 bits per heavy atom. The number of hydroxylamine groups is 1. The maximum atomic E-state index is 15.3. The smallest absolute Gasteiger partial charge is 0.337 e. The summed E-state index contributed by atoms with van der Waals surface area (Å²) in [5.41, 5.74) is 0.455. The summed E-state index contributed by atoms with van der Waals surface area (Å²) in [6.45, 7) is 1.29. The molecule has 0 aliphatic carbocycles. The van der Waals surface area contributed by atoms with Crippen LogP contribution in [0.2, 0.25) is 0 Å². The third-order valence-electron chi connectivity index (χ3n) is 9.69. The van der Waals surface area contributed by atoms with Crippen LogP contribution in [0.5, 0.6) is 0 Å². The second-order valence-corrected chi connectivity index (χ2v) is 15.1. The molecule has 7 rings (SSSR count). The van der Waals surface area contributed by atoms with Crippen molar-refractivity contribution in [3.8, 4) is 16.9 Å². The predicted molar refractivity (Wildman–Crippen MR) is 205 cm³/mol. The average Bonchev–Trinajstić information content (AvgIpc) is 3.24. The Kier molecular flexibility index (Phi) is 11.2. The highest BCUT2D eigenvalue weighted by molar-refractivity contribution is 7.92. The van der Waals surface area contributed by atoms with Crippen LogP contribution in [0, 0.1) is 11.6 Å². The zero-order chi connectivity index (χ0) is 41.1. The Bertz CT molecular complexity index is 2760. The van der Waals surface area contributed by atoms with E-state index in [1.54, 1.807) is 36.7 Å². The van der Waals surface area contributed by atoms with Crippen molar-refractivity contribution < 1.29 is 36.7 Å². The Morgan fingerprint density at radius 3 is 2.29 bits per heavy atom. The largest absolute Gasteiger partial charge is 0.381 e. The zero-order valence-electron chi connectivity index (χ0n) is 30.6. The Balaban J connectivity index is 1.03. The number of sulfonamides is 1. The molecule has 1 atom stereocenters. The number of amides is 2. The first-order valence-corrected chi connectivity index (χ1v) is 19.3. The number of nitrogens with zero attached hydrogens (tertiary/aromatic N) is 5. The van der Waals surface area contributed by atoms with Crippen molar-refractivity contribution in [2.24, 2.45) is 7.05 Å². The van der Waals surface area contributed by atoms with E-state index in [0.717, 1.165) is 17.4 Å². The summed E-state index contributed by atoms with van der Waals surface area (Å²) in [5, 5.41) is 11.8. The summed E-state index contributed by atoms with van der Waals surface area (Å²) >= 11 is 0. The minimum absolute atomic E-state index is 0.0282. The van der Waals surface area contributed by atoms with Gasteiger partial charge in [0.25, 0.3) is 27.4 Å². The molecular formula is C39H34F2N8O8S. The summed E-state index contributed by atoms with van der Waals surface area (Å²) in [5.74, 6) is -4.13. The molecule has 0 saturated carbocycles. The van der Waals surface area contributed by atoms with Gasteiger partial charge in [-0.3, -0.25) is 28.9 Å². The van der Waals surface area contributed by atoms with Gasteiger partial charge in [-0.1, -0.05) is 30.3 Å². The topological polar surface area (TPSA) is 216 Å². The van der Waals surface area contributed by atoms with Gasteiger partial charge in [0.2, 0.25) is 0 Å². The third kappa shape index (κ3) is 8.08. The molecule has 6 aromatic rings. The van der Waals surface area contributed by atoms with Crippen LogP contribution < -0.4 is 26.8 Å². The molecule has 1 fully saturated rings. The summed E-state index contributed by atoms with van der Waals surface area (Å²) < 4.78 is 66.4. The van der Waals surface area contributed by atoms with Crippen LogP contribution in [0.3, 0.4) is 0 Å². The number of rotatable bonds is 11. The molecule has 4 heterocycles. The minimum Gasteiger partial charge on any atom is -0.381 e. The fourth-order valence-corrected chi connectivity index (χ4v) is 7.58. The third-order valence-corrected chi connectivity index (χ3v) is 11.1.